The second kappa shape index (κ2) is 4.25. The Hall–Kier alpha value is -1.52. The number of H-pyrrole nitrogens is 1. The molecule has 1 aromatic heterocycles. The maximum Gasteiger partial charge on any atom is 0.411 e. The first-order valence-electron chi connectivity index (χ1n) is 6.96. The Kier molecular flexibility index (Phi) is 2.80. The number of aromatic nitrogens is 2. The van der Waals surface area contributed by atoms with Crippen LogP contribution in [-0.4, -0.2) is 32.6 Å². The standard InChI is InChI=1S/C14H21N3O2/c1-14(2,3)19-13(18)17-10-5-4-9(8-10)11(17)12-15-6-7-16-12/h6-7,9-11H,4-5,8H2,1-3H3,(H,15,16)/t9-,10+,11-/m0/s1. The van der Waals surface area contributed by atoms with Crippen LogP contribution in [0, 0.1) is 5.92 Å². The van der Waals surface area contributed by atoms with E-state index in [4.69, 9.17) is 4.74 Å². The number of piperidine rings is 1. The highest BCUT2D eigenvalue weighted by molar-refractivity contribution is 5.70. The third-order valence-corrected chi connectivity index (χ3v) is 3.99. The highest BCUT2D eigenvalue weighted by atomic mass is 16.6. The van der Waals surface area contributed by atoms with Gasteiger partial charge in [-0.15, -0.1) is 0 Å². The van der Waals surface area contributed by atoms with Gasteiger partial charge in [0.25, 0.3) is 0 Å². The lowest BCUT2D eigenvalue weighted by atomic mass is 9.98. The molecule has 1 aliphatic carbocycles. The number of rotatable bonds is 1. The van der Waals surface area contributed by atoms with Crippen molar-refractivity contribution in [2.24, 2.45) is 5.92 Å². The molecule has 5 heteroatoms. The van der Waals surface area contributed by atoms with Gasteiger partial charge in [-0.1, -0.05) is 0 Å². The molecule has 3 rings (SSSR count). The topological polar surface area (TPSA) is 58.2 Å². The lowest BCUT2D eigenvalue weighted by molar-refractivity contribution is 0.00620. The molecular formula is C14H21N3O2. The van der Waals surface area contributed by atoms with Crippen LogP contribution in [0.25, 0.3) is 0 Å². The maximum atomic E-state index is 12.4. The van der Waals surface area contributed by atoms with Crippen molar-refractivity contribution in [3.63, 3.8) is 0 Å². The summed E-state index contributed by atoms with van der Waals surface area (Å²) in [7, 11) is 0. The number of nitrogens with zero attached hydrogens (tertiary/aromatic N) is 2. The summed E-state index contributed by atoms with van der Waals surface area (Å²) in [4.78, 5) is 21.8. The second-order valence-electron chi connectivity index (χ2n) is 6.53. The van der Waals surface area contributed by atoms with Crippen LogP contribution < -0.4 is 0 Å². The summed E-state index contributed by atoms with van der Waals surface area (Å²) in [6.45, 7) is 5.71. The first kappa shape index (κ1) is 12.5. The second-order valence-corrected chi connectivity index (χ2v) is 6.53. The van der Waals surface area contributed by atoms with Gasteiger partial charge in [-0.3, -0.25) is 4.90 Å². The molecule has 5 nitrogen and oxygen atoms in total. The highest BCUT2D eigenvalue weighted by Crippen LogP contribution is 2.49. The van der Waals surface area contributed by atoms with Crippen LogP contribution in [0.4, 0.5) is 4.79 Å². The van der Waals surface area contributed by atoms with E-state index in [9.17, 15) is 4.79 Å². The predicted molar refractivity (Wildman–Crippen MR) is 70.5 cm³/mol. The minimum absolute atomic E-state index is 0.0589. The first-order chi connectivity index (χ1) is 8.96. The molecule has 1 aliphatic heterocycles. The van der Waals surface area contributed by atoms with E-state index in [2.05, 4.69) is 9.97 Å². The van der Waals surface area contributed by atoms with E-state index in [-0.39, 0.29) is 12.1 Å². The minimum Gasteiger partial charge on any atom is -0.444 e. The molecule has 0 radical (unpaired) electrons. The van der Waals surface area contributed by atoms with E-state index < -0.39 is 5.60 Å². The highest BCUT2D eigenvalue weighted by Gasteiger charge is 2.50. The molecule has 1 aromatic rings. The van der Waals surface area contributed by atoms with Crippen molar-refractivity contribution < 1.29 is 9.53 Å². The van der Waals surface area contributed by atoms with Crippen LogP contribution >= 0.6 is 0 Å². The number of aromatic amines is 1. The number of carbonyl (C=O) groups excluding carboxylic acids is 1. The smallest absolute Gasteiger partial charge is 0.411 e. The molecule has 2 fully saturated rings. The molecule has 2 heterocycles. The van der Waals surface area contributed by atoms with E-state index >= 15 is 0 Å². The molecular weight excluding hydrogens is 242 g/mol. The van der Waals surface area contributed by atoms with Gasteiger partial charge in [0, 0.05) is 18.4 Å². The average molecular weight is 263 g/mol. The number of fused-ring (bicyclic) bond motifs is 2. The molecule has 2 aliphatic rings. The third-order valence-electron chi connectivity index (χ3n) is 3.99. The molecule has 1 N–H and O–H groups in total. The Bertz CT molecular complexity index is 464. The van der Waals surface area contributed by atoms with Crippen molar-refractivity contribution in [1.82, 2.24) is 14.9 Å². The fourth-order valence-electron chi connectivity index (χ4n) is 3.36. The number of likely N-dealkylation sites (tertiary alicyclic amines) is 1. The summed E-state index contributed by atoms with van der Waals surface area (Å²) >= 11 is 0. The van der Waals surface area contributed by atoms with Gasteiger partial charge in [0.1, 0.15) is 11.4 Å². The first-order valence-corrected chi connectivity index (χ1v) is 6.96. The number of nitrogens with one attached hydrogen (secondary N) is 1. The molecule has 2 bridgehead atoms. The Balaban J connectivity index is 1.84. The van der Waals surface area contributed by atoms with Gasteiger partial charge >= 0.3 is 6.09 Å². The van der Waals surface area contributed by atoms with E-state index in [1.165, 1.54) is 6.42 Å². The molecule has 3 atom stereocenters. The van der Waals surface area contributed by atoms with Crippen molar-refractivity contribution >= 4 is 6.09 Å². The van der Waals surface area contributed by atoms with Crippen LogP contribution in [0.1, 0.15) is 51.9 Å². The average Bonchev–Trinajstić information content (AvgIpc) is 3.02. The normalized spacial score (nSPS) is 29.8. The summed E-state index contributed by atoms with van der Waals surface area (Å²) in [6.07, 6.45) is 6.69. The van der Waals surface area contributed by atoms with Crippen LogP contribution in [0.5, 0.6) is 0 Å². The van der Waals surface area contributed by atoms with E-state index in [1.807, 2.05) is 31.9 Å². The number of ether oxygens (including phenoxy) is 1. The molecule has 1 saturated carbocycles. The molecule has 0 unspecified atom stereocenters. The molecule has 0 aromatic carbocycles. The lowest BCUT2D eigenvalue weighted by Gasteiger charge is -2.35. The van der Waals surface area contributed by atoms with Gasteiger partial charge < -0.3 is 9.72 Å². The predicted octanol–water partition coefficient (Wildman–Crippen LogP) is 2.87. The van der Waals surface area contributed by atoms with Gasteiger partial charge in [-0.05, 0) is 46.0 Å². The van der Waals surface area contributed by atoms with Crippen LogP contribution in [0.2, 0.25) is 0 Å². The van der Waals surface area contributed by atoms with Crippen molar-refractivity contribution in [3.8, 4) is 0 Å². The SMILES string of the molecule is CC(C)(C)OC(=O)N1[C@@H]2CC[C@@H](C2)[C@H]1c1ncc[nH]1. The summed E-state index contributed by atoms with van der Waals surface area (Å²) in [5, 5.41) is 0. The van der Waals surface area contributed by atoms with Crippen molar-refractivity contribution in [1.29, 1.82) is 0 Å². The number of carbonyl (C=O) groups is 1. The van der Waals surface area contributed by atoms with Crippen molar-refractivity contribution in [2.45, 2.75) is 57.7 Å². The summed E-state index contributed by atoms with van der Waals surface area (Å²) in [6, 6.07) is 0.374. The minimum atomic E-state index is -0.452. The van der Waals surface area contributed by atoms with E-state index in [1.54, 1.807) is 6.20 Å². The number of hydrogen-bond donors (Lipinski definition) is 1. The molecule has 19 heavy (non-hydrogen) atoms. The number of amides is 1. The van der Waals surface area contributed by atoms with Crippen LogP contribution in [0.3, 0.4) is 0 Å². The quantitative estimate of drug-likeness (QED) is 0.847. The van der Waals surface area contributed by atoms with E-state index in [0.29, 0.717) is 12.0 Å². The Morgan fingerprint density at radius 3 is 2.89 bits per heavy atom. The van der Waals surface area contributed by atoms with Crippen LogP contribution in [0.15, 0.2) is 12.4 Å². The van der Waals surface area contributed by atoms with Crippen molar-refractivity contribution in [3.05, 3.63) is 18.2 Å². The molecule has 0 spiro atoms. The van der Waals surface area contributed by atoms with Gasteiger partial charge in [-0.25, -0.2) is 9.78 Å². The van der Waals surface area contributed by atoms with Gasteiger partial charge in [0.15, 0.2) is 0 Å². The maximum absolute atomic E-state index is 12.4. The molecule has 104 valence electrons. The van der Waals surface area contributed by atoms with Crippen molar-refractivity contribution in [2.75, 3.05) is 0 Å². The Labute approximate surface area is 113 Å². The molecule has 1 amide bonds. The zero-order valence-electron chi connectivity index (χ0n) is 11.7. The summed E-state index contributed by atoms with van der Waals surface area (Å²) < 4.78 is 5.55. The zero-order chi connectivity index (χ0) is 13.6. The van der Waals surface area contributed by atoms with E-state index in [0.717, 1.165) is 18.7 Å². The van der Waals surface area contributed by atoms with Gasteiger partial charge in [0.2, 0.25) is 0 Å². The lowest BCUT2D eigenvalue weighted by Crippen LogP contribution is -2.43. The van der Waals surface area contributed by atoms with Crippen LogP contribution in [-0.2, 0) is 4.74 Å². The Morgan fingerprint density at radius 2 is 2.26 bits per heavy atom. The summed E-state index contributed by atoms with van der Waals surface area (Å²) in [5.74, 6) is 1.40. The number of imidazole rings is 1. The van der Waals surface area contributed by atoms with Gasteiger partial charge in [0.05, 0.1) is 6.04 Å². The fourth-order valence-corrected chi connectivity index (χ4v) is 3.36. The van der Waals surface area contributed by atoms with Gasteiger partial charge in [-0.2, -0.15) is 0 Å². The fraction of sp³-hybridized carbons (Fsp3) is 0.714. The monoisotopic (exact) mass is 263 g/mol. The Morgan fingerprint density at radius 1 is 1.47 bits per heavy atom. The third kappa shape index (κ3) is 2.22. The largest absolute Gasteiger partial charge is 0.444 e. The number of hydrogen-bond acceptors (Lipinski definition) is 3. The zero-order valence-corrected chi connectivity index (χ0v) is 11.7. The molecule has 1 saturated heterocycles. The summed E-state index contributed by atoms with van der Waals surface area (Å²) in [5.41, 5.74) is -0.452.